The zero-order chi connectivity index (χ0) is 15.8. The summed E-state index contributed by atoms with van der Waals surface area (Å²) in [5, 5.41) is 15.0. The lowest BCUT2D eigenvalue weighted by atomic mass is 10.1. The fourth-order valence-electron chi connectivity index (χ4n) is 2.45. The lowest BCUT2D eigenvalue weighted by Crippen LogP contribution is -1.92. The maximum absolute atomic E-state index is 9.53. The highest BCUT2D eigenvalue weighted by atomic mass is 32.1. The minimum Gasteiger partial charge on any atom is -0.255 e. The smallest absolute Gasteiger partial charge is 0.214 e. The molecule has 0 atom stereocenters. The number of nitriles is 1. The van der Waals surface area contributed by atoms with E-state index in [-0.39, 0.29) is 0 Å². The van der Waals surface area contributed by atoms with E-state index in [2.05, 4.69) is 21.1 Å². The minimum absolute atomic E-state index is 0.412. The van der Waals surface area contributed by atoms with Crippen molar-refractivity contribution in [2.75, 3.05) is 0 Å². The zero-order valence-corrected chi connectivity index (χ0v) is 13.1. The first-order valence-electron chi connectivity index (χ1n) is 7.05. The number of nitrogens with zero attached hydrogens (tertiary/aromatic N) is 5. The van der Waals surface area contributed by atoms with Gasteiger partial charge in [-0.1, -0.05) is 41.7 Å². The Morgan fingerprint density at radius 2 is 1.96 bits per heavy atom. The molecule has 110 valence electrons. The van der Waals surface area contributed by atoms with Gasteiger partial charge in [-0.25, -0.2) is 4.98 Å². The summed E-state index contributed by atoms with van der Waals surface area (Å²) in [4.78, 5) is 9.54. The van der Waals surface area contributed by atoms with E-state index in [0.29, 0.717) is 22.0 Å². The summed E-state index contributed by atoms with van der Waals surface area (Å²) >= 11 is 1.47. The van der Waals surface area contributed by atoms with E-state index in [1.807, 2.05) is 49.4 Å². The van der Waals surface area contributed by atoms with Gasteiger partial charge in [-0.3, -0.25) is 4.98 Å². The minimum atomic E-state index is 0.412. The molecule has 4 rings (SSSR count). The van der Waals surface area contributed by atoms with Crippen molar-refractivity contribution in [1.82, 2.24) is 19.6 Å². The molecule has 0 saturated carbocycles. The highest BCUT2D eigenvalue weighted by Gasteiger charge is 2.19. The van der Waals surface area contributed by atoms with Crippen LogP contribution >= 0.6 is 11.3 Å². The van der Waals surface area contributed by atoms with E-state index >= 15 is 0 Å². The molecule has 0 saturated heterocycles. The topological polar surface area (TPSA) is 66.9 Å². The second kappa shape index (κ2) is 5.30. The third kappa shape index (κ3) is 2.18. The number of hydrogen-bond donors (Lipinski definition) is 0. The summed E-state index contributed by atoms with van der Waals surface area (Å²) in [6.07, 6.45) is 1.69. The van der Waals surface area contributed by atoms with Crippen molar-refractivity contribution >= 4 is 16.3 Å². The first kappa shape index (κ1) is 13.6. The van der Waals surface area contributed by atoms with Crippen LogP contribution in [0.15, 0.2) is 48.7 Å². The van der Waals surface area contributed by atoms with Crippen LogP contribution in [0.2, 0.25) is 0 Å². The van der Waals surface area contributed by atoms with Gasteiger partial charge in [-0.15, -0.1) is 0 Å². The van der Waals surface area contributed by atoms with Crippen LogP contribution in [0.1, 0.15) is 11.3 Å². The highest BCUT2D eigenvalue weighted by Crippen LogP contribution is 2.31. The van der Waals surface area contributed by atoms with Crippen LogP contribution in [0.4, 0.5) is 0 Å². The molecule has 0 aliphatic carbocycles. The van der Waals surface area contributed by atoms with E-state index in [0.717, 1.165) is 16.1 Å². The van der Waals surface area contributed by atoms with E-state index in [1.54, 1.807) is 10.7 Å². The number of aryl methyl sites for hydroxylation is 1. The van der Waals surface area contributed by atoms with Crippen LogP contribution in [0.3, 0.4) is 0 Å². The summed E-state index contributed by atoms with van der Waals surface area (Å²) in [7, 11) is 0. The van der Waals surface area contributed by atoms with Crippen LogP contribution < -0.4 is 0 Å². The number of pyridine rings is 1. The molecule has 0 amide bonds. The number of aromatic nitrogens is 4. The van der Waals surface area contributed by atoms with Crippen LogP contribution in [-0.2, 0) is 0 Å². The van der Waals surface area contributed by atoms with E-state index in [9.17, 15) is 5.26 Å². The van der Waals surface area contributed by atoms with Crippen molar-refractivity contribution in [2.24, 2.45) is 0 Å². The summed E-state index contributed by atoms with van der Waals surface area (Å²) in [6.45, 7) is 2.05. The van der Waals surface area contributed by atoms with Gasteiger partial charge in [0.1, 0.15) is 16.8 Å². The van der Waals surface area contributed by atoms with Crippen LogP contribution in [0, 0.1) is 18.3 Å². The average molecular weight is 317 g/mol. The molecule has 0 aliphatic rings. The number of fused-ring (bicyclic) bond motifs is 1. The van der Waals surface area contributed by atoms with Gasteiger partial charge in [0.15, 0.2) is 5.69 Å². The van der Waals surface area contributed by atoms with Gasteiger partial charge in [0.25, 0.3) is 0 Å². The van der Waals surface area contributed by atoms with Gasteiger partial charge in [0, 0.05) is 11.8 Å². The molecule has 4 aromatic rings. The maximum Gasteiger partial charge on any atom is 0.214 e. The largest absolute Gasteiger partial charge is 0.255 e. The van der Waals surface area contributed by atoms with Crippen LogP contribution in [0.5, 0.6) is 0 Å². The normalized spacial score (nSPS) is 10.8. The van der Waals surface area contributed by atoms with Gasteiger partial charge < -0.3 is 0 Å². The molecule has 3 aromatic heterocycles. The lowest BCUT2D eigenvalue weighted by Gasteiger charge is -2.00. The molecule has 0 radical (unpaired) electrons. The predicted molar refractivity (Wildman–Crippen MR) is 89.0 cm³/mol. The molecule has 0 unspecified atom stereocenters. The molecule has 23 heavy (non-hydrogen) atoms. The van der Waals surface area contributed by atoms with Gasteiger partial charge in [-0.05, 0) is 24.6 Å². The van der Waals surface area contributed by atoms with Crippen molar-refractivity contribution < 1.29 is 0 Å². The second-order valence-corrected chi connectivity index (χ2v) is 6.01. The Morgan fingerprint density at radius 1 is 1.13 bits per heavy atom. The Balaban J connectivity index is 1.91. The highest BCUT2D eigenvalue weighted by molar-refractivity contribution is 7.19. The Labute approximate surface area is 136 Å². The SMILES string of the molecule is Cc1ccccc1-c1nn2c(C#N)c(-c3ccccn3)nc2s1. The maximum atomic E-state index is 9.53. The molecule has 0 bridgehead atoms. The molecule has 0 aliphatic heterocycles. The molecular weight excluding hydrogens is 306 g/mol. The van der Waals surface area contributed by atoms with Gasteiger partial charge >= 0.3 is 0 Å². The summed E-state index contributed by atoms with van der Waals surface area (Å²) < 4.78 is 1.61. The summed E-state index contributed by atoms with van der Waals surface area (Å²) in [5.74, 6) is 0. The summed E-state index contributed by atoms with van der Waals surface area (Å²) in [6, 6.07) is 15.8. The van der Waals surface area contributed by atoms with Gasteiger partial charge in [0.2, 0.25) is 4.96 Å². The quantitative estimate of drug-likeness (QED) is 0.565. The Hall–Kier alpha value is -3.04. The number of rotatable bonds is 2. The van der Waals surface area contributed by atoms with Crippen molar-refractivity contribution in [1.29, 1.82) is 5.26 Å². The van der Waals surface area contributed by atoms with Crippen LogP contribution in [0.25, 0.3) is 26.9 Å². The third-order valence-electron chi connectivity index (χ3n) is 3.59. The lowest BCUT2D eigenvalue weighted by molar-refractivity contribution is 0.959. The van der Waals surface area contributed by atoms with E-state index in [4.69, 9.17) is 0 Å². The first-order chi connectivity index (χ1) is 11.3. The Bertz CT molecular complexity index is 1040. The average Bonchev–Trinajstić information content (AvgIpc) is 3.13. The number of benzene rings is 1. The van der Waals surface area contributed by atoms with Crippen molar-refractivity contribution in [2.45, 2.75) is 6.92 Å². The van der Waals surface area contributed by atoms with Gasteiger partial charge in [-0.2, -0.15) is 14.9 Å². The molecule has 3 heterocycles. The van der Waals surface area contributed by atoms with Crippen molar-refractivity contribution in [3.05, 3.63) is 59.9 Å². The van der Waals surface area contributed by atoms with Crippen molar-refractivity contribution in [3.8, 4) is 28.0 Å². The molecule has 0 fully saturated rings. The fraction of sp³-hybridized carbons (Fsp3) is 0.0588. The molecule has 0 N–H and O–H groups in total. The predicted octanol–water partition coefficient (Wildman–Crippen LogP) is 3.70. The third-order valence-corrected chi connectivity index (χ3v) is 4.53. The monoisotopic (exact) mass is 317 g/mol. The second-order valence-electron chi connectivity index (χ2n) is 5.05. The van der Waals surface area contributed by atoms with E-state index < -0.39 is 0 Å². The van der Waals surface area contributed by atoms with E-state index in [1.165, 1.54) is 11.3 Å². The Kier molecular flexibility index (Phi) is 3.14. The number of imidazole rings is 1. The summed E-state index contributed by atoms with van der Waals surface area (Å²) in [5.41, 5.74) is 3.87. The Morgan fingerprint density at radius 3 is 2.70 bits per heavy atom. The zero-order valence-electron chi connectivity index (χ0n) is 12.3. The molecule has 1 aromatic carbocycles. The van der Waals surface area contributed by atoms with Crippen molar-refractivity contribution in [3.63, 3.8) is 0 Å². The fourth-order valence-corrected chi connectivity index (χ4v) is 3.44. The molecule has 6 heteroatoms. The molecule has 5 nitrogen and oxygen atoms in total. The first-order valence-corrected chi connectivity index (χ1v) is 7.86. The number of hydrogen-bond acceptors (Lipinski definition) is 5. The molecule has 0 spiro atoms. The van der Waals surface area contributed by atoms with Crippen LogP contribution in [-0.4, -0.2) is 19.6 Å². The standard InChI is InChI=1S/C17H11N5S/c1-11-6-2-3-7-12(11)16-21-22-14(10-18)15(20-17(22)23-16)13-8-4-5-9-19-13/h2-9H,1H3. The van der Waals surface area contributed by atoms with Gasteiger partial charge in [0.05, 0.1) is 5.69 Å². The molecular formula is C17H11N5S.